The van der Waals surface area contributed by atoms with Gasteiger partial charge in [-0.15, -0.1) is 0 Å². The molecular formula is C12H19N3O. The molecule has 4 heteroatoms. The van der Waals surface area contributed by atoms with Gasteiger partial charge in [0, 0.05) is 19.6 Å². The van der Waals surface area contributed by atoms with Gasteiger partial charge in [0.1, 0.15) is 0 Å². The minimum Gasteiger partial charge on any atom is -0.396 e. The average molecular weight is 221 g/mol. The number of rotatable bonds is 5. The molecule has 1 aliphatic heterocycles. The maximum Gasteiger partial charge on any atom is 0.0669 e. The lowest BCUT2D eigenvalue weighted by atomic mass is 9.96. The molecule has 0 aliphatic carbocycles. The molecule has 1 rings (SSSR count). The van der Waals surface area contributed by atoms with Crippen LogP contribution in [0.25, 0.3) is 0 Å². The molecule has 1 aliphatic rings. The maximum absolute atomic E-state index is 9.01. The summed E-state index contributed by atoms with van der Waals surface area (Å²) < 4.78 is 0. The van der Waals surface area contributed by atoms with Crippen LogP contribution in [0.5, 0.6) is 0 Å². The molecule has 0 amide bonds. The molecule has 1 atom stereocenters. The molecule has 1 fully saturated rings. The molecule has 1 unspecified atom stereocenters. The van der Waals surface area contributed by atoms with Gasteiger partial charge in [0.25, 0.3) is 0 Å². The van der Waals surface area contributed by atoms with Gasteiger partial charge in [0.05, 0.1) is 18.1 Å². The third kappa shape index (κ3) is 4.18. The highest BCUT2D eigenvalue weighted by Gasteiger charge is 2.20. The Morgan fingerprint density at radius 1 is 1.31 bits per heavy atom. The Kier molecular flexibility index (Phi) is 5.85. The fourth-order valence-corrected chi connectivity index (χ4v) is 2.10. The van der Waals surface area contributed by atoms with Gasteiger partial charge in [-0.25, -0.2) is 0 Å². The van der Waals surface area contributed by atoms with E-state index in [1.807, 2.05) is 0 Å². The highest BCUT2D eigenvalue weighted by atomic mass is 16.3. The topological polar surface area (TPSA) is 71.0 Å². The van der Waals surface area contributed by atoms with E-state index in [0.717, 1.165) is 32.5 Å². The van der Waals surface area contributed by atoms with E-state index in [-0.39, 0.29) is 12.5 Å². The Bertz CT molecular complexity index is 271. The van der Waals surface area contributed by atoms with Crippen molar-refractivity contribution in [2.45, 2.75) is 25.7 Å². The molecule has 0 saturated carbocycles. The molecule has 88 valence electrons. The number of nitriles is 2. The lowest BCUT2D eigenvalue weighted by Gasteiger charge is -2.32. The number of aliphatic hydroxyl groups excluding tert-OH is 1. The highest BCUT2D eigenvalue weighted by molar-refractivity contribution is 4.88. The molecule has 0 spiro atoms. The first-order valence-corrected chi connectivity index (χ1v) is 5.90. The summed E-state index contributed by atoms with van der Waals surface area (Å²) in [6.45, 7) is 2.99. The minimum atomic E-state index is -0.0228. The SMILES string of the molecule is N#CCCC(C#N)CN1CCC(CO)CC1. The first-order valence-electron chi connectivity index (χ1n) is 5.90. The number of nitrogens with zero attached hydrogens (tertiary/aromatic N) is 3. The Hall–Kier alpha value is -1.10. The summed E-state index contributed by atoms with van der Waals surface area (Å²) >= 11 is 0. The van der Waals surface area contributed by atoms with Crippen LogP contribution in [-0.4, -0.2) is 36.2 Å². The second-order valence-corrected chi connectivity index (χ2v) is 4.45. The number of hydrogen-bond acceptors (Lipinski definition) is 4. The zero-order chi connectivity index (χ0) is 11.8. The van der Waals surface area contributed by atoms with Crippen LogP contribution < -0.4 is 0 Å². The first-order chi connectivity index (χ1) is 7.80. The largest absolute Gasteiger partial charge is 0.396 e. The second-order valence-electron chi connectivity index (χ2n) is 4.45. The molecule has 1 N–H and O–H groups in total. The number of likely N-dealkylation sites (tertiary alicyclic amines) is 1. The smallest absolute Gasteiger partial charge is 0.0669 e. The lowest BCUT2D eigenvalue weighted by Crippen LogP contribution is -2.37. The van der Waals surface area contributed by atoms with Crippen molar-refractivity contribution in [3.63, 3.8) is 0 Å². The van der Waals surface area contributed by atoms with Crippen LogP contribution >= 0.6 is 0 Å². The average Bonchev–Trinajstić information content (AvgIpc) is 2.35. The van der Waals surface area contributed by atoms with E-state index >= 15 is 0 Å². The van der Waals surface area contributed by atoms with E-state index < -0.39 is 0 Å². The molecule has 0 aromatic rings. The summed E-state index contributed by atoms with van der Waals surface area (Å²) in [6, 6.07) is 4.35. The van der Waals surface area contributed by atoms with Crippen molar-refractivity contribution < 1.29 is 5.11 Å². The fraction of sp³-hybridized carbons (Fsp3) is 0.833. The third-order valence-corrected chi connectivity index (χ3v) is 3.23. The Labute approximate surface area is 97.1 Å². The standard InChI is InChI=1S/C12H19N3O/c13-5-1-2-12(8-14)9-15-6-3-11(10-16)4-7-15/h11-12,16H,1-4,6-7,9-10H2. The molecule has 1 heterocycles. The molecule has 0 radical (unpaired) electrons. The van der Waals surface area contributed by atoms with E-state index in [1.54, 1.807) is 0 Å². The van der Waals surface area contributed by atoms with Crippen LogP contribution in [0.15, 0.2) is 0 Å². The zero-order valence-corrected chi connectivity index (χ0v) is 9.60. The molecule has 16 heavy (non-hydrogen) atoms. The quantitative estimate of drug-likeness (QED) is 0.755. The summed E-state index contributed by atoms with van der Waals surface area (Å²) in [4.78, 5) is 2.28. The summed E-state index contributed by atoms with van der Waals surface area (Å²) in [5.41, 5.74) is 0. The monoisotopic (exact) mass is 221 g/mol. The fourth-order valence-electron chi connectivity index (χ4n) is 2.10. The van der Waals surface area contributed by atoms with Crippen molar-refractivity contribution in [1.82, 2.24) is 4.90 Å². The summed E-state index contributed by atoms with van der Waals surface area (Å²) in [5, 5.41) is 26.5. The number of hydrogen-bond donors (Lipinski definition) is 1. The van der Waals surface area contributed by atoms with Gasteiger partial charge in [-0.1, -0.05) is 0 Å². The van der Waals surface area contributed by atoms with Crippen molar-refractivity contribution in [2.24, 2.45) is 11.8 Å². The van der Waals surface area contributed by atoms with Crippen molar-refractivity contribution in [3.8, 4) is 12.1 Å². The number of aliphatic hydroxyl groups is 1. The van der Waals surface area contributed by atoms with Crippen LogP contribution in [0.1, 0.15) is 25.7 Å². The Morgan fingerprint density at radius 3 is 2.50 bits per heavy atom. The molecule has 0 aromatic heterocycles. The van der Waals surface area contributed by atoms with E-state index in [2.05, 4.69) is 17.0 Å². The highest BCUT2D eigenvalue weighted by Crippen LogP contribution is 2.18. The predicted octanol–water partition coefficient (Wildman–Crippen LogP) is 1.13. The van der Waals surface area contributed by atoms with Gasteiger partial charge in [0.15, 0.2) is 0 Å². The molecule has 0 aromatic carbocycles. The van der Waals surface area contributed by atoms with Gasteiger partial charge in [-0.2, -0.15) is 10.5 Å². The summed E-state index contributed by atoms with van der Waals surface area (Å²) in [5.74, 6) is 0.418. The van der Waals surface area contributed by atoms with E-state index in [9.17, 15) is 0 Å². The molecule has 0 bridgehead atoms. The van der Waals surface area contributed by atoms with E-state index in [0.29, 0.717) is 18.8 Å². The van der Waals surface area contributed by atoms with E-state index in [4.69, 9.17) is 15.6 Å². The summed E-state index contributed by atoms with van der Waals surface area (Å²) in [7, 11) is 0. The predicted molar refractivity (Wildman–Crippen MR) is 60.2 cm³/mol. The first kappa shape index (κ1) is 13.0. The third-order valence-electron chi connectivity index (χ3n) is 3.23. The normalized spacial score (nSPS) is 19.9. The molecular weight excluding hydrogens is 202 g/mol. The Morgan fingerprint density at radius 2 is 2.00 bits per heavy atom. The zero-order valence-electron chi connectivity index (χ0n) is 9.60. The van der Waals surface area contributed by atoms with Gasteiger partial charge < -0.3 is 10.0 Å². The molecule has 1 saturated heterocycles. The van der Waals surface area contributed by atoms with Crippen LogP contribution in [0, 0.1) is 34.5 Å². The summed E-state index contributed by atoms with van der Waals surface area (Å²) in [6.07, 6.45) is 3.18. The molecule has 4 nitrogen and oxygen atoms in total. The van der Waals surface area contributed by atoms with Gasteiger partial charge in [-0.05, 0) is 38.3 Å². The van der Waals surface area contributed by atoms with E-state index in [1.165, 1.54) is 0 Å². The van der Waals surface area contributed by atoms with Crippen LogP contribution in [0.3, 0.4) is 0 Å². The Balaban J connectivity index is 2.27. The van der Waals surface area contributed by atoms with Crippen LogP contribution in [0.2, 0.25) is 0 Å². The minimum absolute atomic E-state index is 0.0228. The van der Waals surface area contributed by atoms with Gasteiger partial charge in [-0.3, -0.25) is 0 Å². The number of piperidine rings is 1. The maximum atomic E-state index is 9.01. The van der Waals surface area contributed by atoms with Crippen molar-refractivity contribution in [1.29, 1.82) is 10.5 Å². The van der Waals surface area contributed by atoms with Crippen molar-refractivity contribution in [2.75, 3.05) is 26.2 Å². The lowest BCUT2D eigenvalue weighted by molar-refractivity contribution is 0.124. The van der Waals surface area contributed by atoms with Gasteiger partial charge >= 0.3 is 0 Å². The van der Waals surface area contributed by atoms with Crippen LogP contribution in [-0.2, 0) is 0 Å². The van der Waals surface area contributed by atoms with Gasteiger partial charge in [0.2, 0.25) is 0 Å². The van der Waals surface area contributed by atoms with Crippen LogP contribution in [0.4, 0.5) is 0 Å². The van der Waals surface area contributed by atoms with Crippen molar-refractivity contribution >= 4 is 0 Å². The van der Waals surface area contributed by atoms with Crippen molar-refractivity contribution in [3.05, 3.63) is 0 Å². The second kappa shape index (κ2) is 7.22.